The van der Waals surface area contributed by atoms with Crippen molar-refractivity contribution < 1.29 is 18.4 Å². The number of nitrogens with zero attached hydrogens (tertiary/aromatic N) is 2. The number of hydrogen-bond acceptors (Lipinski definition) is 5. The predicted molar refractivity (Wildman–Crippen MR) is 102 cm³/mol. The molecule has 0 aliphatic carbocycles. The molecule has 0 atom stereocenters. The summed E-state index contributed by atoms with van der Waals surface area (Å²) in [5.41, 5.74) is 1.39. The first kappa shape index (κ1) is 18.7. The molecule has 138 valence electrons. The molecule has 1 aromatic heterocycles. The molecule has 3 rings (SSSR count). The lowest BCUT2D eigenvalue weighted by Crippen LogP contribution is -1.96. The molecular formula is C20H16ClFN2O3. The van der Waals surface area contributed by atoms with Crippen molar-refractivity contribution in [1.82, 2.24) is 10.1 Å². The van der Waals surface area contributed by atoms with Gasteiger partial charge >= 0.3 is 0 Å². The zero-order valence-electron chi connectivity index (χ0n) is 14.5. The molecule has 0 bridgehead atoms. The highest BCUT2D eigenvalue weighted by atomic mass is 35.5. The monoisotopic (exact) mass is 386 g/mol. The predicted octanol–water partition coefficient (Wildman–Crippen LogP) is 5.19. The molecule has 1 heterocycles. The van der Waals surface area contributed by atoms with Gasteiger partial charge in [-0.1, -0.05) is 35.5 Å². The van der Waals surface area contributed by atoms with E-state index >= 15 is 0 Å². The largest absolute Gasteiger partial charge is 0.493 e. The standard InChI is InChI=1S/C20H16ClFN2O3/c1-3-10-26-17-9-4-13(12-18(17)25-2)11-16(21)20-23-19(24-27-20)14-5-7-15(22)8-6-14/h3-9,11-12H,1,10H2,2H3/b16-11-. The fourth-order valence-electron chi connectivity index (χ4n) is 2.29. The van der Waals surface area contributed by atoms with Gasteiger partial charge in [0.1, 0.15) is 17.5 Å². The molecule has 2 aromatic carbocycles. The lowest BCUT2D eigenvalue weighted by molar-refractivity contribution is 0.326. The van der Waals surface area contributed by atoms with E-state index in [4.69, 9.17) is 25.6 Å². The maximum absolute atomic E-state index is 13.0. The molecule has 3 aromatic rings. The Hall–Kier alpha value is -3.12. The summed E-state index contributed by atoms with van der Waals surface area (Å²) in [4.78, 5) is 4.24. The summed E-state index contributed by atoms with van der Waals surface area (Å²) >= 11 is 6.31. The molecule has 0 spiro atoms. The smallest absolute Gasteiger partial charge is 0.269 e. The van der Waals surface area contributed by atoms with Crippen molar-refractivity contribution in [3.63, 3.8) is 0 Å². The highest BCUT2D eigenvalue weighted by Gasteiger charge is 2.12. The Bertz CT molecular complexity index is 968. The Kier molecular flexibility index (Phi) is 5.88. The summed E-state index contributed by atoms with van der Waals surface area (Å²) in [6.45, 7) is 3.99. The number of benzene rings is 2. The van der Waals surface area contributed by atoms with Crippen molar-refractivity contribution in [2.24, 2.45) is 0 Å². The van der Waals surface area contributed by atoms with Crippen LogP contribution in [0.2, 0.25) is 0 Å². The van der Waals surface area contributed by atoms with E-state index in [1.807, 2.05) is 6.07 Å². The summed E-state index contributed by atoms with van der Waals surface area (Å²) in [5.74, 6) is 1.30. The third-order valence-electron chi connectivity index (χ3n) is 3.57. The van der Waals surface area contributed by atoms with Crippen molar-refractivity contribution in [2.45, 2.75) is 0 Å². The molecule has 7 heteroatoms. The molecule has 0 saturated carbocycles. The Morgan fingerprint density at radius 3 is 2.70 bits per heavy atom. The van der Waals surface area contributed by atoms with Crippen LogP contribution < -0.4 is 9.47 Å². The molecule has 0 radical (unpaired) electrons. The minimum atomic E-state index is -0.338. The van der Waals surface area contributed by atoms with Crippen LogP contribution in [0.25, 0.3) is 22.5 Å². The molecule has 0 aliphatic heterocycles. The molecule has 27 heavy (non-hydrogen) atoms. The van der Waals surface area contributed by atoms with Crippen LogP contribution in [0.3, 0.4) is 0 Å². The first-order valence-electron chi connectivity index (χ1n) is 7.99. The Morgan fingerprint density at radius 2 is 2.00 bits per heavy atom. The summed E-state index contributed by atoms with van der Waals surface area (Å²) in [7, 11) is 1.55. The summed E-state index contributed by atoms with van der Waals surface area (Å²) in [6.07, 6.45) is 3.32. The van der Waals surface area contributed by atoms with Crippen LogP contribution in [-0.4, -0.2) is 23.9 Å². The number of hydrogen-bond donors (Lipinski definition) is 0. The van der Waals surface area contributed by atoms with Crippen molar-refractivity contribution in [2.75, 3.05) is 13.7 Å². The Balaban J connectivity index is 1.83. The van der Waals surface area contributed by atoms with Crippen molar-refractivity contribution in [3.8, 4) is 22.9 Å². The van der Waals surface area contributed by atoms with Gasteiger partial charge in [-0.05, 0) is 48.0 Å². The van der Waals surface area contributed by atoms with E-state index in [0.717, 1.165) is 5.56 Å². The van der Waals surface area contributed by atoms with Crippen LogP contribution in [0.1, 0.15) is 11.5 Å². The SMILES string of the molecule is C=CCOc1ccc(/C=C(\Cl)c2nc(-c3ccc(F)cc3)no2)cc1OC. The van der Waals surface area contributed by atoms with Crippen LogP contribution in [0.15, 0.2) is 59.6 Å². The van der Waals surface area contributed by atoms with E-state index in [2.05, 4.69) is 16.7 Å². The molecule has 0 aliphatic rings. The zero-order chi connectivity index (χ0) is 19.2. The van der Waals surface area contributed by atoms with Crippen LogP contribution in [0.4, 0.5) is 4.39 Å². The van der Waals surface area contributed by atoms with Crippen LogP contribution in [0.5, 0.6) is 11.5 Å². The van der Waals surface area contributed by atoms with Gasteiger partial charge in [0, 0.05) is 5.56 Å². The first-order valence-corrected chi connectivity index (χ1v) is 8.37. The maximum Gasteiger partial charge on any atom is 0.269 e. The second-order valence-corrected chi connectivity index (χ2v) is 5.84. The van der Waals surface area contributed by atoms with E-state index < -0.39 is 0 Å². The molecule has 0 saturated heterocycles. The molecule has 0 fully saturated rings. The van der Waals surface area contributed by atoms with Crippen LogP contribution in [-0.2, 0) is 0 Å². The van der Waals surface area contributed by atoms with Crippen LogP contribution in [0, 0.1) is 5.82 Å². The Morgan fingerprint density at radius 1 is 1.22 bits per heavy atom. The number of aromatic nitrogens is 2. The van der Waals surface area contributed by atoms with Gasteiger partial charge in [-0.2, -0.15) is 4.98 Å². The van der Waals surface area contributed by atoms with E-state index in [1.54, 1.807) is 43.5 Å². The van der Waals surface area contributed by atoms with Gasteiger partial charge in [0.2, 0.25) is 5.82 Å². The molecule has 0 amide bonds. The number of rotatable bonds is 7. The van der Waals surface area contributed by atoms with Gasteiger partial charge < -0.3 is 14.0 Å². The second-order valence-electron chi connectivity index (χ2n) is 5.43. The van der Waals surface area contributed by atoms with Gasteiger partial charge in [0.05, 0.1) is 7.11 Å². The molecule has 5 nitrogen and oxygen atoms in total. The third-order valence-corrected chi connectivity index (χ3v) is 3.84. The first-order chi connectivity index (χ1) is 13.1. The van der Waals surface area contributed by atoms with Gasteiger partial charge in [-0.15, -0.1) is 0 Å². The third kappa shape index (κ3) is 4.54. The van der Waals surface area contributed by atoms with E-state index in [1.165, 1.54) is 12.1 Å². The Labute approximate surface area is 160 Å². The van der Waals surface area contributed by atoms with E-state index in [-0.39, 0.29) is 16.7 Å². The number of ether oxygens (including phenoxy) is 2. The molecular weight excluding hydrogens is 371 g/mol. The second kappa shape index (κ2) is 8.51. The quantitative estimate of drug-likeness (QED) is 0.523. The van der Waals surface area contributed by atoms with E-state index in [9.17, 15) is 4.39 Å². The molecule has 0 N–H and O–H groups in total. The summed E-state index contributed by atoms with van der Waals surface area (Å²) in [5, 5.41) is 4.13. The van der Waals surface area contributed by atoms with Gasteiger partial charge in [-0.3, -0.25) is 0 Å². The summed E-state index contributed by atoms with van der Waals surface area (Å²) < 4.78 is 29.1. The average Bonchev–Trinajstić information content (AvgIpc) is 3.17. The minimum Gasteiger partial charge on any atom is -0.493 e. The number of halogens is 2. The minimum absolute atomic E-state index is 0.155. The van der Waals surface area contributed by atoms with Gasteiger partial charge in [0.15, 0.2) is 11.5 Å². The lowest BCUT2D eigenvalue weighted by atomic mass is 10.2. The highest BCUT2D eigenvalue weighted by molar-refractivity contribution is 6.50. The normalized spacial score (nSPS) is 11.3. The van der Waals surface area contributed by atoms with Crippen LogP contribution >= 0.6 is 11.6 Å². The molecule has 0 unspecified atom stereocenters. The van der Waals surface area contributed by atoms with Crippen molar-refractivity contribution in [3.05, 3.63) is 72.4 Å². The lowest BCUT2D eigenvalue weighted by Gasteiger charge is -2.09. The van der Waals surface area contributed by atoms with Gasteiger partial charge in [0.25, 0.3) is 5.89 Å². The average molecular weight is 387 g/mol. The highest BCUT2D eigenvalue weighted by Crippen LogP contribution is 2.31. The zero-order valence-corrected chi connectivity index (χ0v) is 15.2. The maximum atomic E-state index is 13.0. The fourth-order valence-corrected chi connectivity index (χ4v) is 2.49. The van der Waals surface area contributed by atoms with Gasteiger partial charge in [-0.25, -0.2) is 4.39 Å². The fraction of sp³-hybridized carbons (Fsp3) is 0.100. The number of methoxy groups -OCH3 is 1. The topological polar surface area (TPSA) is 57.4 Å². The van der Waals surface area contributed by atoms with E-state index in [0.29, 0.717) is 29.5 Å². The van der Waals surface area contributed by atoms with Crippen molar-refractivity contribution >= 4 is 22.7 Å². The summed E-state index contributed by atoms with van der Waals surface area (Å²) in [6, 6.07) is 11.1. The van der Waals surface area contributed by atoms with Crippen molar-refractivity contribution in [1.29, 1.82) is 0 Å².